The lowest BCUT2D eigenvalue weighted by atomic mass is 9.85. The first-order chi connectivity index (χ1) is 6.82. The number of piperidine rings is 1. The Kier molecular flexibility index (Phi) is 4.19. The van der Waals surface area contributed by atoms with Crippen molar-refractivity contribution in [1.29, 1.82) is 0 Å². The summed E-state index contributed by atoms with van der Waals surface area (Å²) in [5.41, 5.74) is 0.408. The van der Waals surface area contributed by atoms with Gasteiger partial charge in [-0.25, -0.2) is 0 Å². The fraction of sp³-hybridized carbons (Fsp3) is 1.00. The van der Waals surface area contributed by atoms with Gasteiger partial charge in [0.05, 0.1) is 0 Å². The highest BCUT2D eigenvalue weighted by atomic mass is 15.2. The number of hydrogen-bond acceptors (Lipinski definition) is 2. The van der Waals surface area contributed by atoms with E-state index in [0.29, 0.717) is 11.5 Å². The normalized spacial score (nSPS) is 23.4. The van der Waals surface area contributed by atoms with E-state index >= 15 is 0 Å². The maximum absolute atomic E-state index is 2.65. The molecule has 1 aliphatic heterocycles. The van der Waals surface area contributed by atoms with Gasteiger partial charge >= 0.3 is 0 Å². The van der Waals surface area contributed by atoms with Crippen molar-refractivity contribution in [2.75, 3.05) is 27.2 Å². The van der Waals surface area contributed by atoms with Gasteiger partial charge in [-0.3, -0.25) is 0 Å². The van der Waals surface area contributed by atoms with Gasteiger partial charge in [-0.15, -0.1) is 0 Å². The van der Waals surface area contributed by atoms with Crippen LogP contribution in [0.2, 0.25) is 0 Å². The summed E-state index contributed by atoms with van der Waals surface area (Å²) in [7, 11) is 4.40. The van der Waals surface area contributed by atoms with Crippen LogP contribution in [0.25, 0.3) is 0 Å². The monoisotopic (exact) mass is 212 g/mol. The van der Waals surface area contributed by atoms with Crippen molar-refractivity contribution in [2.45, 2.75) is 52.6 Å². The van der Waals surface area contributed by atoms with Gasteiger partial charge in [0.15, 0.2) is 0 Å². The minimum absolute atomic E-state index is 0.408. The number of rotatable bonds is 2. The molecule has 0 amide bonds. The smallest absolute Gasteiger partial charge is 0.0115 e. The van der Waals surface area contributed by atoms with Gasteiger partial charge in [-0.1, -0.05) is 20.8 Å². The molecule has 0 radical (unpaired) electrons. The van der Waals surface area contributed by atoms with Crippen LogP contribution in [0.4, 0.5) is 0 Å². The lowest BCUT2D eigenvalue weighted by Gasteiger charge is -2.43. The maximum atomic E-state index is 2.65. The molecule has 1 rings (SSSR count). The van der Waals surface area contributed by atoms with Crippen LogP contribution in [0.5, 0.6) is 0 Å². The molecule has 1 saturated heterocycles. The third-order valence-electron chi connectivity index (χ3n) is 4.03. The quantitative estimate of drug-likeness (QED) is 0.694. The van der Waals surface area contributed by atoms with Crippen LogP contribution in [-0.4, -0.2) is 49.1 Å². The molecule has 90 valence electrons. The molecule has 0 N–H and O–H groups in total. The van der Waals surface area contributed by atoms with Gasteiger partial charge in [0.2, 0.25) is 0 Å². The minimum Gasteiger partial charge on any atom is -0.306 e. The van der Waals surface area contributed by atoms with Crippen LogP contribution in [-0.2, 0) is 0 Å². The maximum Gasteiger partial charge on any atom is 0.0115 e. The Morgan fingerprint density at radius 3 is 1.93 bits per heavy atom. The first-order valence-electron chi connectivity index (χ1n) is 6.23. The largest absolute Gasteiger partial charge is 0.306 e. The molecular weight excluding hydrogens is 184 g/mol. The summed E-state index contributed by atoms with van der Waals surface area (Å²) >= 11 is 0. The molecule has 1 fully saturated rings. The van der Waals surface area contributed by atoms with E-state index in [4.69, 9.17) is 0 Å². The average molecular weight is 212 g/mol. The summed E-state index contributed by atoms with van der Waals surface area (Å²) in [5, 5.41) is 0. The molecule has 2 nitrogen and oxygen atoms in total. The standard InChI is InChI=1S/C13H28N2/c1-11(13(2,3)4)15-9-7-12(8-10-15)14(5)6/h11-12H,7-10H2,1-6H3. The van der Waals surface area contributed by atoms with E-state index in [-0.39, 0.29) is 0 Å². The number of hydrogen-bond donors (Lipinski definition) is 0. The van der Waals surface area contributed by atoms with E-state index < -0.39 is 0 Å². The van der Waals surface area contributed by atoms with Gasteiger partial charge < -0.3 is 9.80 Å². The Morgan fingerprint density at radius 2 is 1.60 bits per heavy atom. The van der Waals surface area contributed by atoms with Crippen LogP contribution in [0.3, 0.4) is 0 Å². The molecule has 1 atom stereocenters. The SMILES string of the molecule is CC(N1CCC(N(C)C)CC1)C(C)(C)C. The predicted octanol–water partition coefficient (Wildman–Crippen LogP) is 2.45. The molecular formula is C13H28N2. The van der Waals surface area contributed by atoms with Crippen LogP contribution >= 0.6 is 0 Å². The van der Waals surface area contributed by atoms with Gasteiger partial charge in [0, 0.05) is 12.1 Å². The van der Waals surface area contributed by atoms with E-state index in [2.05, 4.69) is 51.6 Å². The molecule has 1 unspecified atom stereocenters. The van der Waals surface area contributed by atoms with Crippen molar-refractivity contribution in [3.05, 3.63) is 0 Å². The van der Waals surface area contributed by atoms with E-state index in [9.17, 15) is 0 Å². The molecule has 1 heterocycles. The van der Waals surface area contributed by atoms with E-state index in [0.717, 1.165) is 6.04 Å². The van der Waals surface area contributed by atoms with Crippen molar-refractivity contribution in [2.24, 2.45) is 5.41 Å². The topological polar surface area (TPSA) is 6.48 Å². The second-order valence-electron chi connectivity index (χ2n) is 6.27. The highest BCUT2D eigenvalue weighted by Gasteiger charge is 2.29. The zero-order chi connectivity index (χ0) is 11.6. The second-order valence-corrected chi connectivity index (χ2v) is 6.27. The fourth-order valence-corrected chi connectivity index (χ4v) is 2.34. The number of nitrogens with zero attached hydrogens (tertiary/aromatic N) is 2. The Morgan fingerprint density at radius 1 is 1.13 bits per heavy atom. The first-order valence-corrected chi connectivity index (χ1v) is 6.23. The highest BCUT2D eigenvalue weighted by Crippen LogP contribution is 2.27. The molecule has 0 bridgehead atoms. The third-order valence-corrected chi connectivity index (χ3v) is 4.03. The highest BCUT2D eigenvalue weighted by molar-refractivity contribution is 4.84. The van der Waals surface area contributed by atoms with Crippen molar-refractivity contribution in [3.8, 4) is 0 Å². The third kappa shape index (κ3) is 3.46. The van der Waals surface area contributed by atoms with E-state index in [1.54, 1.807) is 0 Å². The summed E-state index contributed by atoms with van der Waals surface area (Å²) in [6.07, 6.45) is 2.65. The number of likely N-dealkylation sites (tertiary alicyclic amines) is 1. The Labute approximate surface area is 95.6 Å². The molecule has 0 aromatic carbocycles. The average Bonchev–Trinajstić information content (AvgIpc) is 2.15. The van der Waals surface area contributed by atoms with Crippen LogP contribution in [0.15, 0.2) is 0 Å². The summed E-state index contributed by atoms with van der Waals surface area (Å²) in [5.74, 6) is 0. The first kappa shape index (κ1) is 13.0. The van der Waals surface area contributed by atoms with Crippen molar-refractivity contribution in [1.82, 2.24) is 9.80 Å². The molecule has 1 aliphatic rings. The second kappa shape index (κ2) is 4.84. The van der Waals surface area contributed by atoms with Gasteiger partial charge in [0.1, 0.15) is 0 Å². The Hall–Kier alpha value is -0.0800. The van der Waals surface area contributed by atoms with Crippen LogP contribution < -0.4 is 0 Å². The van der Waals surface area contributed by atoms with E-state index in [1.165, 1.54) is 25.9 Å². The molecule has 15 heavy (non-hydrogen) atoms. The molecule has 0 aromatic heterocycles. The molecule has 0 spiro atoms. The lowest BCUT2D eigenvalue weighted by Crippen LogP contribution is -2.49. The molecule has 0 aliphatic carbocycles. The zero-order valence-corrected chi connectivity index (χ0v) is 11.4. The van der Waals surface area contributed by atoms with Gasteiger partial charge in [-0.05, 0) is 52.4 Å². The van der Waals surface area contributed by atoms with Crippen molar-refractivity contribution < 1.29 is 0 Å². The molecule has 0 aromatic rings. The minimum atomic E-state index is 0.408. The summed E-state index contributed by atoms with van der Waals surface area (Å²) in [4.78, 5) is 5.03. The Balaban J connectivity index is 2.44. The summed E-state index contributed by atoms with van der Waals surface area (Å²) in [6.45, 7) is 11.9. The van der Waals surface area contributed by atoms with Crippen LogP contribution in [0.1, 0.15) is 40.5 Å². The van der Waals surface area contributed by atoms with Crippen molar-refractivity contribution in [3.63, 3.8) is 0 Å². The zero-order valence-electron chi connectivity index (χ0n) is 11.4. The summed E-state index contributed by atoms with van der Waals surface area (Å²) < 4.78 is 0. The van der Waals surface area contributed by atoms with Gasteiger partial charge in [-0.2, -0.15) is 0 Å². The van der Waals surface area contributed by atoms with E-state index in [1.807, 2.05) is 0 Å². The lowest BCUT2D eigenvalue weighted by molar-refractivity contribution is 0.0639. The predicted molar refractivity (Wildman–Crippen MR) is 67.2 cm³/mol. The van der Waals surface area contributed by atoms with Crippen molar-refractivity contribution >= 4 is 0 Å². The fourth-order valence-electron chi connectivity index (χ4n) is 2.34. The molecule has 0 saturated carbocycles. The van der Waals surface area contributed by atoms with Crippen LogP contribution in [0, 0.1) is 5.41 Å². The Bertz CT molecular complexity index is 185. The van der Waals surface area contributed by atoms with Gasteiger partial charge in [0.25, 0.3) is 0 Å². The summed E-state index contributed by atoms with van der Waals surface area (Å²) in [6, 6.07) is 1.49. The molecule has 2 heteroatoms.